The monoisotopic (exact) mass is 304 g/mol. The van der Waals surface area contributed by atoms with Gasteiger partial charge in [0.25, 0.3) is 0 Å². The molecule has 0 heterocycles. The average molecular weight is 305 g/mol. The van der Waals surface area contributed by atoms with Crippen LogP contribution in [0.25, 0.3) is 0 Å². The molecule has 110 valence electrons. The standard InChI is InChI=1S/C16H17ClN2O2/c1-11(12-7-3-6-10-15(12)20)19(2)16(21)18-14-9-5-4-8-13(14)17/h3-11,20H,1-2H3,(H,18,21). The van der Waals surface area contributed by atoms with Crippen molar-refractivity contribution in [2.24, 2.45) is 0 Å². The first-order chi connectivity index (χ1) is 10.0. The van der Waals surface area contributed by atoms with Crippen LogP contribution in [0.2, 0.25) is 5.02 Å². The van der Waals surface area contributed by atoms with Crippen molar-refractivity contribution in [1.29, 1.82) is 0 Å². The van der Waals surface area contributed by atoms with Gasteiger partial charge in [0.2, 0.25) is 0 Å². The van der Waals surface area contributed by atoms with Gasteiger partial charge in [-0.25, -0.2) is 4.79 Å². The molecule has 4 nitrogen and oxygen atoms in total. The number of carbonyl (C=O) groups excluding carboxylic acids is 1. The number of halogens is 1. The van der Waals surface area contributed by atoms with Crippen LogP contribution < -0.4 is 5.32 Å². The summed E-state index contributed by atoms with van der Waals surface area (Å²) in [4.78, 5) is 13.8. The zero-order valence-corrected chi connectivity index (χ0v) is 12.6. The van der Waals surface area contributed by atoms with Gasteiger partial charge in [-0.3, -0.25) is 0 Å². The van der Waals surface area contributed by atoms with Gasteiger partial charge in [-0.2, -0.15) is 0 Å². The number of nitrogens with zero attached hydrogens (tertiary/aromatic N) is 1. The Morgan fingerprint density at radius 2 is 1.81 bits per heavy atom. The molecule has 1 atom stereocenters. The van der Waals surface area contributed by atoms with Crippen LogP contribution in [-0.4, -0.2) is 23.1 Å². The molecule has 1 unspecified atom stereocenters. The molecule has 0 saturated carbocycles. The molecule has 5 heteroatoms. The smallest absolute Gasteiger partial charge is 0.322 e. The fraction of sp³-hybridized carbons (Fsp3) is 0.188. The van der Waals surface area contributed by atoms with Crippen LogP contribution in [-0.2, 0) is 0 Å². The second-order valence-corrected chi connectivity index (χ2v) is 5.16. The fourth-order valence-electron chi connectivity index (χ4n) is 1.99. The number of nitrogens with one attached hydrogen (secondary N) is 1. The molecule has 2 N–H and O–H groups in total. The second-order valence-electron chi connectivity index (χ2n) is 4.76. The second kappa shape index (κ2) is 6.50. The van der Waals surface area contributed by atoms with Gasteiger partial charge in [0.05, 0.1) is 16.8 Å². The molecule has 0 radical (unpaired) electrons. The highest BCUT2D eigenvalue weighted by Crippen LogP contribution is 2.28. The van der Waals surface area contributed by atoms with Crippen LogP contribution in [0.5, 0.6) is 5.75 Å². The molecule has 0 fully saturated rings. The Morgan fingerprint density at radius 1 is 1.19 bits per heavy atom. The van der Waals surface area contributed by atoms with E-state index in [9.17, 15) is 9.90 Å². The Kier molecular flexibility index (Phi) is 4.70. The van der Waals surface area contributed by atoms with Crippen LogP contribution in [0.4, 0.5) is 10.5 Å². The third kappa shape index (κ3) is 3.47. The number of aromatic hydroxyl groups is 1. The summed E-state index contributed by atoms with van der Waals surface area (Å²) in [6.45, 7) is 1.85. The van der Waals surface area contributed by atoms with Gasteiger partial charge in [0, 0.05) is 12.6 Å². The van der Waals surface area contributed by atoms with Crippen LogP contribution in [0, 0.1) is 0 Å². The largest absolute Gasteiger partial charge is 0.508 e. The summed E-state index contributed by atoms with van der Waals surface area (Å²) in [7, 11) is 1.67. The molecule has 0 saturated heterocycles. The predicted molar refractivity (Wildman–Crippen MR) is 84.8 cm³/mol. The number of rotatable bonds is 3. The quantitative estimate of drug-likeness (QED) is 0.889. The summed E-state index contributed by atoms with van der Waals surface area (Å²) in [5, 5.41) is 13.1. The molecular weight excluding hydrogens is 288 g/mol. The minimum atomic E-state index is -0.293. The first-order valence-electron chi connectivity index (χ1n) is 6.57. The van der Waals surface area contributed by atoms with E-state index in [1.54, 1.807) is 49.5 Å². The number of amides is 2. The average Bonchev–Trinajstić information content (AvgIpc) is 2.48. The van der Waals surface area contributed by atoms with Crippen LogP contribution in [0.3, 0.4) is 0 Å². The van der Waals surface area contributed by atoms with Crippen LogP contribution in [0.15, 0.2) is 48.5 Å². The van der Waals surface area contributed by atoms with Crippen molar-refractivity contribution in [2.75, 3.05) is 12.4 Å². The van der Waals surface area contributed by atoms with E-state index in [2.05, 4.69) is 5.32 Å². The molecule has 2 rings (SSSR count). The molecule has 2 amide bonds. The molecule has 0 aliphatic carbocycles. The molecule has 0 aliphatic heterocycles. The maximum atomic E-state index is 12.3. The normalized spacial score (nSPS) is 11.8. The predicted octanol–water partition coefficient (Wildman–Crippen LogP) is 4.27. The summed E-state index contributed by atoms with van der Waals surface area (Å²) in [5.41, 5.74) is 1.25. The summed E-state index contributed by atoms with van der Waals surface area (Å²) in [6.07, 6.45) is 0. The number of hydrogen-bond donors (Lipinski definition) is 2. The Morgan fingerprint density at radius 3 is 2.48 bits per heavy atom. The maximum Gasteiger partial charge on any atom is 0.322 e. The van der Waals surface area contributed by atoms with E-state index in [1.807, 2.05) is 13.0 Å². The number of benzene rings is 2. The van der Waals surface area contributed by atoms with E-state index in [0.717, 1.165) is 0 Å². The van der Waals surface area contributed by atoms with Crippen molar-refractivity contribution < 1.29 is 9.90 Å². The number of urea groups is 1. The lowest BCUT2D eigenvalue weighted by Crippen LogP contribution is -2.33. The Labute approximate surface area is 129 Å². The van der Waals surface area contributed by atoms with Crippen molar-refractivity contribution >= 4 is 23.3 Å². The molecular formula is C16H17ClN2O2. The van der Waals surface area contributed by atoms with Crippen molar-refractivity contribution in [3.8, 4) is 5.75 Å². The SMILES string of the molecule is CC(c1ccccc1O)N(C)C(=O)Nc1ccccc1Cl. The summed E-state index contributed by atoms with van der Waals surface area (Å²) < 4.78 is 0. The Hall–Kier alpha value is -2.20. The zero-order valence-electron chi connectivity index (χ0n) is 11.9. The van der Waals surface area contributed by atoms with E-state index in [4.69, 9.17) is 11.6 Å². The van der Waals surface area contributed by atoms with E-state index in [0.29, 0.717) is 16.3 Å². The lowest BCUT2D eigenvalue weighted by Gasteiger charge is -2.26. The number of phenols is 1. The minimum absolute atomic E-state index is 0.169. The first kappa shape index (κ1) is 15.2. The molecule has 2 aromatic rings. The molecule has 21 heavy (non-hydrogen) atoms. The number of phenolic OH excluding ortho intramolecular Hbond substituents is 1. The Balaban J connectivity index is 2.13. The first-order valence-corrected chi connectivity index (χ1v) is 6.94. The van der Waals surface area contributed by atoms with Gasteiger partial charge in [0.15, 0.2) is 0 Å². The lowest BCUT2D eigenvalue weighted by molar-refractivity contribution is 0.207. The van der Waals surface area contributed by atoms with Crippen molar-refractivity contribution in [2.45, 2.75) is 13.0 Å². The van der Waals surface area contributed by atoms with Gasteiger partial charge in [-0.1, -0.05) is 41.9 Å². The molecule has 2 aromatic carbocycles. The highest BCUT2D eigenvalue weighted by Gasteiger charge is 2.20. The highest BCUT2D eigenvalue weighted by molar-refractivity contribution is 6.33. The van der Waals surface area contributed by atoms with Gasteiger partial charge in [-0.15, -0.1) is 0 Å². The van der Waals surface area contributed by atoms with Crippen molar-refractivity contribution in [3.63, 3.8) is 0 Å². The molecule has 0 spiro atoms. The van der Waals surface area contributed by atoms with Crippen LogP contribution in [0.1, 0.15) is 18.5 Å². The van der Waals surface area contributed by atoms with E-state index in [-0.39, 0.29) is 17.8 Å². The third-order valence-electron chi connectivity index (χ3n) is 3.40. The Bertz CT molecular complexity index is 646. The number of carbonyl (C=O) groups is 1. The topological polar surface area (TPSA) is 52.6 Å². The lowest BCUT2D eigenvalue weighted by atomic mass is 10.1. The van der Waals surface area contributed by atoms with Crippen molar-refractivity contribution in [1.82, 2.24) is 4.90 Å². The molecule has 0 bridgehead atoms. The number of para-hydroxylation sites is 2. The van der Waals surface area contributed by atoms with Gasteiger partial charge < -0.3 is 15.3 Å². The third-order valence-corrected chi connectivity index (χ3v) is 3.73. The van der Waals surface area contributed by atoms with Crippen LogP contribution >= 0.6 is 11.6 Å². The fourth-order valence-corrected chi connectivity index (χ4v) is 2.17. The van der Waals surface area contributed by atoms with Crippen molar-refractivity contribution in [3.05, 3.63) is 59.1 Å². The molecule has 0 aliphatic rings. The minimum Gasteiger partial charge on any atom is -0.508 e. The molecule has 0 aromatic heterocycles. The number of hydrogen-bond acceptors (Lipinski definition) is 2. The van der Waals surface area contributed by atoms with E-state index in [1.165, 1.54) is 4.90 Å². The zero-order chi connectivity index (χ0) is 15.4. The summed E-state index contributed by atoms with van der Waals surface area (Å²) in [5.74, 6) is 0.169. The summed E-state index contributed by atoms with van der Waals surface area (Å²) in [6, 6.07) is 13.4. The highest BCUT2D eigenvalue weighted by atomic mass is 35.5. The van der Waals surface area contributed by atoms with Gasteiger partial charge >= 0.3 is 6.03 Å². The summed E-state index contributed by atoms with van der Waals surface area (Å²) >= 11 is 6.02. The van der Waals surface area contributed by atoms with Gasteiger partial charge in [0.1, 0.15) is 5.75 Å². The van der Waals surface area contributed by atoms with E-state index < -0.39 is 0 Å². The number of anilines is 1. The van der Waals surface area contributed by atoms with E-state index >= 15 is 0 Å². The maximum absolute atomic E-state index is 12.3. The van der Waals surface area contributed by atoms with Gasteiger partial charge in [-0.05, 0) is 25.1 Å².